The average Bonchev–Trinajstić information content (AvgIpc) is 3.03. The van der Waals surface area contributed by atoms with Crippen LogP contribution in [0.25, 0.3) is 11.3 Å². The SMILES string of the molecule is CC(O)CN(C(=O)NC(C)c1ncc(-c2ccccc2)o1)C(C)C. The number of urea groups is 1. The van der Waals surface area contributed by atoms with E-state index in [-0.39, 0.29) is 24.7 Å². The smallest absolute Gasteiger partial charge is 0.318 e. The number of aliphatic hydroxyl groups excluding tert-OH is 1. The summed E-state index contributed by atoms with van der Waals surface area (Å²) >= 11 is 0. The van der Waals surface area contributed by atoms with Gasteiger partial charge in [0.2, 0.25) is 5.89 Å². The number of benzene rings is 1. The van der Waals surface area contributed by atoms with Crippen molar-refractivity contribution >= 4 is 6.03 Å². The normalized spacial score (nSPS) is 13.6. The van der Waals surface area contributed by atoms with Crippen molar-refractivity contribution in [3.63, 3.8) is 0 Å². The standard InChI is InChI=1S/C18H25N3O3/c1-12(2)21(11-13(3)22)18(23)20-14(4)17-19-10-16(24-17)15-8-6-5-7-9-15/h5-10,12-14,22H,11H2,1-4H3,(H,20,23). The Morgan fingerprint density at radius 3 is 2.50 bits per heavy atom. The summed E-state index contributed by atoms with van der Waals surface area (Å²) in [6.45, 7) is 7.57. The Morgan fingerprint density at radius 1 is 1.25 bits per heavy atom. The highest BCUT2D eigenvalue weighted by molar-refractivity contribution is 5.75. The van der Waals surface area contributed by atoms with Gasteiger partial charge in [-0.1, -0.05) is 30.3 Å². The van der Waals surface area contributed by atoms with Crippen LogP contribution in [0.3, 0.4) is 0 Å². The van der Waals surface area contributed by atoms with Crippen molar-refractivity contribution in [2.75, 3.05) is 6.54 Å². The molecule has 0 spiro atoms. The van der Waals surface area contributed by atoms with E-state index in [1.54, 1.807) is 18.0 Å². The number of amides is 2. The van der Waals surface area contributed by atoms with E-state index in [1.807, 2.05) is 51.1 Å². The number of hydrogen-bond acceptors (Lipinski definition) is 4. The maximum Gasteiger partial charge on any atom is 0.318 e. The van der Waals surface area contributed by atoms with Crippen LogP contribution < -0.4 is 5.32 Å². The zero-order chi connectivity index (χ0) is 17.7. The summed E-state index contributed by atoms with van der Waals surface area (Å²) in [6.07, 6.45) is 1.07. The van der Waals surface area contributed by atoms with Crippen LogP contribution in [0, 0.1) is 0 Å². The van der Waals surface area contributed by atoms with Gasteiger partial charge in [0.25, 0.3) is 0 Å². The highest BCUT2D eigenvalue weighted by Gasteiger charge is 2.22. The lowest BCUT2D eigenvalue weighted by atomic mass is 10.2. The summed E-state index contributed by atoms with van der Waals surface area (Å²) in [6, 6.07) is 9.04. The van der Waals surface area contributed by atoms with Crippen molar-refractivity contribution in [1.82, 2.24) is 15.2 Å². The molecule has 0 fully saturated rings. The Balaban J connectivity index is 2.05. The van der Waals surface area contributed by atoms with Crippen molar-refractivity contribution in [1.29, 1.82) is 0 Å². The molecular weight excluding hydrogens is 306 g/mol. The molecule has 1 heterocycles. The number of nitrogens with one attached hydrogen (secondary N) is 1. The first-order valence-electron chi connectivity index (χ1n) is 8.14. The molecule has 24 heavy (non-hydrogen) atoms. The van der Waals surface area contributed by atoms with Crippen LogP contribution in [0.5, 0.6) is 0 Å². The predicted molar refractivity (Wildman–Crippen MR) is 92.4 cm³/mol. The minimum absolute atomic E-state index is 0.0174. The molecule has 2 N–H and O–H groups in total. The lowest BCUT2D eigenvalue weighted by Crippen LogP contribution is -2.47. The van der Waals surface area contributed by atoms with Crippen LogP contribution in [0.15, 0.2) is 40.9 Å². The summed E-state index contributed by atoms with van der Waals surface area (Å²) in [5.74, 6) is 1.11. The number of aliphatic hydroxyl groups is 1. The first kappa shape index (κ1) is 18.0. The fourth-order valence-corrected chi connectivity index (χ4v) is 2.37. The Labute approximate surface area is 142 Å². The molecule has 0 saturated heterocycles. The molecular formula is C18H25N3O3. The van der Waals surface area contributed by atoms with Gasteiger partial charge in [-0.05, 0) is 27.7 Å². The van der Waals surface area contributed by atoms with Crippen molar-refractivity contribution in [3.8, 4) is 11.3 Å². The zero-order valence-electron chi connectivity index (χ0n) is 14.6. The van der Waals surface area contributed by atoms with E-state index in [2.05, 4.69) is 10.3 Å². The van der Waals surface area contributed by atoms with Crippen molar-refractivity contribution < 1.29 is 14.3 Å². The van der Waals surface area contributed by atoms with Crippen LogP contribution >= 0.6 is 0 Å². The van der Waals surface area contributed by atoms with Crippen molar-refractivity contribution in [2.45, 2.75) is 45.9 Å². The molecule has 0 saturated carbocycles. The molecule has 0 aliphatic heterocycles. The Hall–Kier alpha value is -2.34. The number of nitrogens with zero attached hydrogens (tertiary/aromatic N) is 2. The second-order valence-corrected chi connectivity index (χ2v) is 6.20. The van der Waals surface area contributed by atoms with Crippen molar-refractivity contribution in [2.24, 2.45) is 0 Å². The topological polar surface area (TPSA) is 78.6 Å². The van der Waals surface area contributed by atoms with E-state index in [1.165, 1.54) is 0 Å². The van der Waals surface area contributed by atoms with Gasteiger partial charge in [-0.25, -0.2) is 9.78 Å². The van der Waals surface area contributed by atoms with Crippen LogP contribution in [0.2, 0.25) is 0 Å². The highest BCUT2D eigenvalue weighted by Crippen LogP contribution is 2.22. The first-order valence-corrected chi connectivity index (χ1v) is 8.14. The fourth-order valence-electron chi connectivity index (χ4n) is 2.37. The molecule has 2 aromatic rings. The van der Waals surface area contributed by atoms with Gasteiger partial charge < -0.3 is 19.7 Å². The minimum atomic E-state index is -0.583. The molecule has 1 aromatic carbocycles. The lowest BCUT2D eigenvalue weighted by molar-refractivity contribution is 0.117. The molecule has 2 amide bonds. The highest BCUT2D eigenvalue weighted by atomic mass is 16.4. The van der Waals surface area contributed by atoms with Gasteiger partial charge in [0.05, 0.1) is 12.3 Å². The third kappa shape index (κ3) is 4.58. The number of oxazole rings is 1. The van der Waals surface area contributed by atoms with E-state index < -0.39 is 6.10 Å². The van der Waals surface area contributed by atoms with E-state index in [4.69, 9.17) is 4.42 Å². The van der Waals surface area contributed by atoms with Gasteiger partial charge >= 0.3 is 6.03 Å². The predicted octanol–water partition coefficient (Wildman–Crippen LogP) is 3.20. The molecule has 2 rings (SSSR count). The number of aromatic nitrogens is 1. The summed E-state index contributed by atoms with van der Waals surface area (Å²) < 4.78 is 5.76. The molecule has 0 aliphatic rings. The van der Waals surface area contributed by atoms with Gasteiger partial charge in [-0.3, -0.25) is 0 Å². The molecule has 1 aromatic heterocycles. The molecule has 2 unspecified atom stereocenters. The molecule has 0 bridgehead atoms. The molecule has 130 valence electrons. The van der Waals surface area contributed by atoms with Gasteiger partial charge in [0.1, 0.15) is 6.04 Å². The number of hydrogen-bond donors (Lipinski definition) is 2. The second-order valence-electron chi connectivity index (χ2n) is 6.20. The molecule has 6 nitrogen and oxygen atoms in total. The third-order valence-corrected chi connectivity index (χ3v) is 3.64. The first-order chi connectivity index (χ1) is 11.4. The van der Waals surface area contributed by atoms with Gasteiger partial charge in [-0.15, -0.1) is 0 Å². The Bertz CT molecular complexity index is 653. The summed E-state index contributed by atoms with van der Waals surface area (Å²) in [7, 11) is 0. The maximum atomic E-state index is 12.4. The lowest BCUT2D eigenvalue weighted by Gasteiger charge is -2.29. The monoisotopic (exact) mass is 331 g/mol. The van der Waals surface area contributed by atoms with Gasteiger partial charge in [0.15, 0.2) is 5.76 Å². The molecule has 6 heteroatoms. The largest absolute Gasteiger partial charge is 0.438 e. The van der Waals surface area contributed by atoms with Crippen LogP contribution in [0.4, 0.5) is 4.79 Å². The van der Waals surface area contributed by atoms with Crippen LogP contribution in [-0.4, -0.2) is 39.7 Å². The molecule has 0 aliphatic carbocycles. The summed E-state index contributed by atoms with van der Waals surface area (Å²) in [5.41, 5.74) is 0.938. The molecule has 0 radical (unpaired) electrons. The Kier molecular flexibility index (Phi) is 5.98. The number of rotatable bonds is 6. The maximum absolute atomic E-state index is 12.4. The Morgan fingerprint density at radius 2 is 1.92 bits per heavy atom. The second kappa shape index (κ2) is 7.97. The number of carbonyl (C=O) groups is 1. The molecule has 2 atom stereocenters. The zero-order valence-corrected chi connectivity index (χ0v) is 14.6. The van der Waals surface area contributed by atoms with E-state index in [0.29, 0.717) is 11.7 Å². The average molecular weight is 331 g/mol. The number of carbonyl (C=O) groups excluding carboxylic acids is 1. The van der Waals surface area contributed by atoms with Gasteiger partial charge in [0, 0.05) is 18.2 Å². The van der Waals surface area contributed by atoms with Crippen molar-refractivity contribution in [3.05, 3.63) is 42.4 Å². The van der Waals surface area contributed by atoms with Crippen LogP contribution in [0.1, 0.15) is 39.6 Å². The van der Waals surface area contributed by atoms with E-state index in [9.17, 15) is 9.90 Å². The third-order valence-electron chi connectivity index (χ3n) is 3.64. The van der Waals surface area contributed by atoms with Gasteiger partial charge in [-0.2, -0.15) is 0 Å². The quantitative estimate of drug-likeness (QED) is 0.852. The van der Waals surface area contributed by atoms with E-state index in [0.717, 1.165) is 5.56 Å². The summed E-state index contributed by atoms with van der Waals surface area (Å²) in [4.78, 5) is 18.3. The fraction of sp³-hybridized carbons (Fsp3) is 0.444. The minimum Gasteiger partial charge on any atom is -0.438 e. The van der Waals surface area contributed by atoms with Crippen LogP contribution in [-0.2, 0) is 0 Å². The summed E-state index contributed by atoms with van der Waals surface area (Å²) in [5, 5.41) is 12.4. The van der Waals surface area contributed by atoms with E-state index >= 15 is 0 Å².